The van der Waals surface area contributed by atoms with Crippen LogP contribution in [0.3, 0.4) is 0 Å². The minimum atomic E-state index is -0.693. The first kappa shape index (κ1) is 17.2. The monoisotopic (exact) mass is 353 g/mol. The molecule has 3 rings (SSSR count). The van der Waals surface area contributed by atoms with Crippen LogP contribution in [0.5, 0.6) is 5.75 Å². The smallest absolute Gasteiger partial charge is 0.342 e. The molecule has 1 heterocycles. The first-order valence-corrected chi connectivity index (χ1v) is 7.67. The predicted octanol–water partition coefficient (Wildman–Crippen LogP) is 3.15. The summed E-state index contributed by atoms with van der Waals surface area (Å²) in [5.41, 5.74) is 1.46. The number of ether oxygens (including phenoxy) is 2. The third-order valence-corrected chi connectivity index (χ3v) is 3.69. The highest BCUT2D eigenvalue weighted by Crippen LogP contribution is 2.25. The van der Waals surface area contributed by atoms with Crippen LogP contribution in [0, 0.1) is 10.1 Å². The van der Waals surface area contributed by atoms with Crippen LogP contribution in [0.15, 0.2) is 60.9 Å². The van der Waals surface area contributed by atoms with E-state index in [1.165, 1.54) is 19.2 Å². The van der Waals surface area contributed by atoms with Crippen molar-refractivity contribution >= 4 is 11.7 Å². The van der Waals surface area contributed by atoms with Gasteiger partial charge in [-0.1, -0.05) is 12.1 Å². The van der Waals surface area contributed by atoms with Gasteiger partial charge in [0.2, 0.25) is 0 Å². The third-order valence-electron chi connectivity index (χ3n) is 3.69. The normalized spacial score (nSPS) is 10.3. The second-order valence-corrected chi connectivity index (χ2v) is 5.33. The molecular formula is C18H15N3O5. The quantitative estimate of drug-likeness (QED) is 0.384. The maximum Gasteiger partial charge on any atom is 0.342 e. The van der Waals surface area contributed by atoms with E-state index in [1.54, 1.807) is 10.9 Å². The van der Waals surface area contributed by atoms with E-state index in [4.69, 9.17) is 9.47 Å². The molecule has 0 radical (unpaired) electrons. The molecule has 0 unspecified atom stereocenters. The molecule has 8 heteroatoms. The number of carbonyl (C=O) groups excluding carboxylic acids is 1. The van der Waals surface area contributed by atoms with Gasteiger partial charge in [0.05, 0.1) is 17.7 Å². The van der Waals surface area contributed by atoms with E-state index < -0.39 is 10.9 Å². The number of non-ortho nitro benzene ring substituents is 1. The van der Waals surface area contributed by atoms with Gasteiger partial charge in [-0.2, -0.15) is 5.10 Å². The number of methoxy groups -OCH3 is 1. The lowest BCUT2D eigenvalue weighted by Crippen LogP contribution is -2.08. The maximum atomic E-state index is 12.3. The molecule has 0 amide bonds. The van der Waals surface area contributed by atoms with E-state index >= 15 is 0 Å². The second kappa shape index (κ2) is 7.47. The number of nitro groups is 1. The van der Waals surface area contributed by atoms with Crippen molar-refractivity contribution in [2.45, 2.75) is 6.61 Å². The number of carbonyl (C=O) groups is 1. The Balaban J connectivity index is 1.70. The highest BCUT2D eigenvalue weighted by Gasteiger charge is 2.18. The lowest BCUT2D eigenvalue weighted by atomic mass is 10.1. The molecule has 0 atom stereocenters. The number of hydrogen-bond acceptors (Lipinski definition) is 6. The average Bonchev–Trinajstić information content (AvgIpc) is 3.20. The molecule has 2 aromatic carbocycles. The standard InChI is InChI=1S/C18H15N3O5/c1-25-17-8-7-15(21(23)24)11-16(17)18(22)26-12-13-3-5-14(6-4-13)20-10-2-9-19-20/h2-11H,12H2,1H3. The summed E-state index contributed by atoms with van der Waals surface area (Å²) in [6, 6.07) is 12.9. The predicted molar refractivity (Wildman–Crippen MR) is 92.3 cm³/mol. The molecule has 0 aliphatic heterocycles. The Bertz CT molecular complexity index is 921. The topological polar surface area (TPSA) is 96.5 Å². The van der Waals surface area contributed by atoms with Crippen molar-refractivity contribution in [3.05, 3.63) is 82.2 Å². The molecular weight excluding hydrogens is 338 g/mol. The van der Waals surface area contributed by atoms with Gasteiger partial charge in [0.25, 0.3) is 5.69 Å². The average molecular weight is 353 g/mol. The van der Waals surface area contributed by atoms with Crippen LogP contribution in [0.25, 0.3) is 5.69 Å². The molecule has 0 bridgehead atoms. The fraction of sp³-hybridized carbons (Fsp3) is 0.111. The summed E-state index contributed by atoms with van der Waals surface area (Å²) in [5, 5.41) is 15.0. The van der Waals surface area contributed by atoms with Gasteiger partial charge in [0.1, 0.15) is 17.9 Å². The van der Waals surface area contributed by atoms with Crippen molar-refractivity contribution in [3.8, 4) is 11.4 Å². The number of benzene rings is 2. The maximum absolute atomic E-state index is 12.3. The number of nitrogens with zero attached hydrogens (tertiary/aromatic N) is 3. The Morgan fingerprint density at radius 1 is 1.23 bits per heavy atom. The molecule has 3 aromatic rings. The van der Waals surface area contributed by atoms with Gasteiger partial charge in [-0.05, 0) is 29.8 Å². The van der Waals surface area contributed by atoms with Crippen LogP contribution in [-0.4, -0.2) is 27.8 Å². The van der Waals surface area contributed by atoms with Crippen LogP contribution in [0.4, 0.5) is 5.69 Å². The molecule has 0 fully saturated rings. The zero-order valence-electron chi connectivity index (χ0n) is 13.9. The number of esters is 1. The molecule has 8 nitrogen and oxygen atoms in total. The summed E-state index contributed by atoms with van der Waals surface area (Å²) >= 11 is 0. The van der Waals surface area contributed by atoms with Crippen molar-refractivity contribution < 1.29 is 19.2 Å². The molecule has 0 saturated carbocycles. The Labute approximate surface area is 148 Å². The third kappa shape index (κ3) is 3.69. The lowest BCUT2D eigenvalue weighted by Gasteiger charge is -2.09. The molecule has 0 aliphatic carbocycles. The van der Waals surface area contributed by atoms with Crippen molar-refractivity contribution in [2.24, 2.45) is 0 Å². The van der Waals surface area contributed by atoms with E-state index in [-0.39, 0.29) is 23.6 Å². The molecule has 0 spiro atoms. The van der Waals surface area contributed by atoms with Gasteiger partial charge < -0.3 is 9.47 Å². The summed E-state index contributed by atoms with van der Waals surface area (Å²) in [5.74, 6) is -0.476. The van der Waals surface area contributed by atoms with Gasteiger partial charge in [-0.25, -0.2) is 9.48 Å². The van der Waals surface area contributed by atoms with E-state index in [0.717, 1.165) is 17.3 Å². The summed E-state index contributed by atoms with van der Waals surface area (Å²) < 4.78 is 12.0. The minimum Gasteiger partial charge on any atom is -0.496 e. The Kier molecular flexibility index (Phi) is 4.93. The molecule has 0 saturated heterocycles. The van der Waals surface area contributed by atoms with E-state index in [0.29, 0.717) is 0 Å². The van der Waals surface area contributed by atoms with Crippen LogP contribution in [0.2, 0.25) is 0 Å². The van der Waals surface area contributed by atoms with Gasteiger partial charge >= 0.3 is 5.97 Å². The molecule has 0 N–H and O–H groups in total. The minimum absolute atomic E-state index is 0.00913. The van der Waals surface area contributed by atoms with Gasteiger partial charge in [0.15, 0.2) is 0 Å². The van der Waals surface area contributed by atoms with Gasteiger partial charge in [0, 0.05) is 24.5 Å². The molecule has 0 aliphatic rings. The molecule has 26 heavy (non-hydrogen) atoms. The largest absolute Gasteiger partial charge is 0.496 e. The summed E-state index contributed by atoms with van der Waals surface area (Å²) in [6.45, 7) is 0.0318. The zero-order chi connectivity index (χ0) is 18.5. The van der Waals surface area contributed by atoms with Crippen molar-refractivity contribution in [2.75, 3.05) is 7.11 Å². The Hall–Kier alpha value is -3.68. The van der Waals surface area contributed by atoms with Crippen LogP contribution in [-0.2, 0) is 11.3 Å². The first-order valence-electron chi connectivity index (χ1n) is 7.67. The highest BCUT2D eigenvalue weighted by molar-refractivity contribution is 5.93. The lowest BCUT2D eigenvalue weighted by molar-refractivity contribution is -0.384. The van der Waals surface area contributed by atoms with Crippen LogP contribution >= 0.6 is 0 Å². The van der Waals surface area contributed by atoms with E-state index in [2.05, 4.69) is 5.10 Å². The molecule has 1 aromatic heterocycles. The zero-order valence-corrected chi connectivity index (χ0v) is 13.9. The Morgan fingerprint density at radius 3 is 2.62 bits per heavy atom. The summed E-state index contributed by atoms with van der Waals surface area (Å²) in [4.78, 5) is 22.6. The highest BCUT2D eigenvalue weighted by atomic mass is 16.6. The van der Waals surface area contributed by atoms with Crippen molar-refractivity contribution in [1.29, 1.82) is 0 Å². The number of rotatable bonds is 6. The van der Waals surface area contributed by atoms with Gasteiger partial charge in [-0.15, -0.1) is 0 Å². The fourth-order valence-electron chi connectivity index (χ4n) is 2.36. The van der Waals surface area contributed by atoms with Crippen LogP contribution in [0.1, 0.15) is 15.9 Å². The fourth-order valence-corrected chi connectivity index (χ4v) is 2.36. The summed E-state index contributed by atoms with van der Waals surface area (Å²) in [7, 11) is 1.38. The Morgan fingerprint density at radius 2 is 2.00 bits per heavy atom. The van der Waals surface area contributed by atoms with E-state index in [1.807, 2.05) is 36.5 Å². The molecule has 132 valence electrons. The van der Waals surface area contributed by atoms with Crippen LogP contribution < -0.4 is 4.74 Å². The van der Waals surface area contributed by atoms with Crippen molar-refractivity contribution in [1.82, 2.24) is 9.78 Å². The number of aromatic nitrogens is 2. The number of nitro benzene ring substituents is 1. The SMILES string of the molecule is COc1ccc([N+](=O)[O-])cc1C(=O)OCc1ccc(-n2cccn2)cc1. The summed E-state index contributed by atoms with van der Waals surface area (Å²) in [6.07, 6.45) is 3.51. The van der Waals surface area contributed by atoms with E-state index in [9.17, 15) is 14.9 Å². The van der Waals surface area contributed by atoms with Gasteiger partial charge in [-0.3, -0.25) is 10.1 Å². The first-order chi connectivity index (χ1) is 12.6. The second-order valence-electron chi connectivity index (χ2n) is 5.33. The number of hydrogen-bond donors (Lipinski definition) is 0. The van der Waals surface area contributed by atoms with Crippen molar-refractivity contribution in [3.63, 3.8) is 0 Å².